The summed E-state index contributed by atoms with van der Waals surface area (Å²) in [4.78, 5) is 39.7. The van der Waals surface area contributed by atoms with Crippen LogP contribution in [0.2, 0.25) is 0 Å². The fourth-order valence-corrected chi connectivity index (χ4v) is 3.13. The molecule has 0 saturated carbocycles. The van der Waals surface area contributed by atoms with E-state index in [1.165, 1.54) is 0 Å². The fourth-order valence-electron chi connectivity index (χ4n) is 3.13. The van der Waals surface area contributed by atoms with Crippen LogP contribution in [0.5, 0.6) is 0 Å². The number of carbonyl (C=O) groups excluding carboxylic acids is 2. The molecule has 3 rings (SSSR count). The topological polar surface area (TPSA) is 97.3 Å². The van der Waals surface area contributed by atoms with Gasteiger partial charge in [-0.15, -0.1) is 0 Å². The van der Waals surface area contributed by atoms with Crippen molar-refractivity contribution in [3.8, 4) is 11.4 Å². The molecule has 0 atom stereocenters. The number of hydrogen-bond acceptors (Lipinski definition) is 6. The Morgan fingerprint density at radius 1 is 1.31 bits per heavy atom. The van der Waals surface area contributed by atoms with Gasteiger partial charge in [0.25, 0.3) is 5.91 Å². The van der Waals surface area contributed by atoms with Crippen LogP contribution < -0.4 is 5.32 Å². The van der Waals surface area contributed by atoms with Gasteiger partial charge in [-0.3, -0.25) is 14.6 Å². The number of pyridine rings is 1. The zero-order valence-electron chi connectivity index (χ0n) is 16.9. The van der Waals surface area contributed by atoms with Crippen LogP contribution >= 0.6 is 0 Å². The van der Waals surface area contributed by atoms with Crippen molar-refractivity contribution in [3.05, 3.63) is 42.0 Å². The second-order valence-corrected chi connectivity index (χ2v) is 7.24. The number of aromatic nitrogens is 3. The van der Waals surface area contributed by atoms with Gasteiger partial charge in [0, 0.05) is 43.9 Å². The van der Waals surface area contributed by atoms with E-state index in [1.807, 2.05) is 26.0 Å². The molecule has 1 aliphatic heterocycles. The highest BCUT2D eigenvalue weighted by molar-refractivity contribution is 5.97. The number of aryl methyl sites for hydroxylation is 1. The monoisotopic (exact) mass is 397 g/mol. The molecule has 0 unspecified atom stereocenters. The van der Waals surface area contributed by atoms with Gasteiger partial charge in [0.1, 0.15) is 0 Å². The zero-order chi connectivity index (χ0) is 20.6. The molecule has 0 aromatic carbocycles. The SMILES string of the molecule is CC(C)OCCCNC(=O)CN1CCCc2nc(-c3ccncc3)ncc2C1=O. The summed E-state index contributed by atoms with van der Waals surface area (Å²) < 4.78 is 5.45. The minimum Gasteiger partial charge on any atom is -0.379 e. The molecule has 8 heteroatoms. The number of hydrogen-bond donors (Lipinski definition) is 1. The molecular weight excluding hydrogens is 370 g/mol. The second kappa shape index (κ2) is 10.1. The standard InChI is InChI=1S/C21H27N5O3/c1-15(2)29-12-4-8-23-19(27)14-26-11-3-5-18-17(21(26)28)13-24-20(25-18)16-6-9-22-10-7-16/h6-7,9-10,13,15H,3-5,8,11-12,14H2,1-2H3,(H,23,27). The molecule has 8 nitrogen and oxygen atoms in total. The molecule has 2 aromatic heterocycles. The van der Waals surface area contributed by atoms with E-state index >= 15 is 0 Å². The summed E-state index contributed by atoms with van der Waals surface area (Å²) in [6, 6.07) is 3.67. The van der Waals surface area contributed by atoms with Crippen molar-refractivity contribution in [1.29, 1.82) is 0 Å². The lowest BCUT2D eigenvalue weighted by Gasteiger charge is -2.20. The van der Waals surface area contributed by atoms with Crippen LogP contribution in [-0.2, 0) is 16.0 Å². The third-order valence-corrected chi connectivity index (χ3v) is 4.59. The van der Waals surface area contributed by atoms with E-state index < -0.39 is 0 Å². The van der Waals surface area contributed by atoms with Crippen LogP contribution in [0.3, 0.4) is 0 Å². The van der Waals surface area contributed by atoms with Gasteiger partial charge in [-0.1, -0.05) is 0 Å². The van der Waals surface area contributed by atoms with E-state index in [2.05, 4.69) is 20.3 Å². The van der Waals surface area contributed by atoms with Gasteiger partial charge in [0.2, 0.25) is 5.91 Å². The summed E-state index contributed by atoms with van der Waals surface area (Å²) in [5, 5.41) is 2.85. The molecule has 0 bridgehead atoms. The Bertz CT molecular complexity index is 841. The van der Waals surface area contributed by atoms with Crippen molar-refractivity contribution in [2.45, 2.75) is 39.2 Å². The third-order valence-electron chi connectivity index (χ3n) is 4.59. The van der Waals surface area contributed by atoms with Crippen molar-refractivity contribution < 1.29 is 14.3 Å². The predicted octanol–water partition coefficient (Wildman–Crippen LogP) is 1.86. The Morgan fingerprint density at radius 3 is 2.86 bits per heavy atom. The number of nitrogens with one attached hydrogen (secondary N) is 1. The van der Waals surface area contributed by atoms with Crippen molar-refractivity contribution in [1.82, 2.24) is 25.2 Å². The van der Waals surface area contributed by atoms with Gasteiger partial charge < -0.3 is 15.0 Å². The van der Waals surface area contributed by atoms with Crippen LogP contribution in [0, 0.1) is 0 Å². The highest BCUT2D eigenvalue weighted by atomic mass is 16.5. The lowest BCUT2D eigenvalue weighted by molar-refractivity contribution is -0.121. The molecule has 154 valence electrons. The fraction of sp³-hybridized carbons (Fsp3) is 0.476. The largest absolute Gasteiger partial charge is 0.379 e. The van der Waals surface area contributed by atoms with Crippen molar-refractivity contribution in [2.75, 3.05) is 26.2 Å². The maximum absolute atomic E-state index is 12.9. The van der Waals surface area contributed by atoms with Crippen molar-refractivity contribution >= 4 is 11.8 Å². The summed E-state index contributed by atoms with van der Waals surface area (Å²) in [5.41, 5.74) is 2.06. The first-order chi connectivity index (χ1) is 14.0. The highest BCUT2D eigenvalue weighted by Gasteiger charge is 2.25. The number of amides is 2. The van der Waals surface area contributed by atoms with E-state index in [0.29, 0.717) is 37.5 Å². The first-order valence-electron chi connectivity index (χ1n) is 9.98. The molecule has 0 radical (unpaired) electrons. The molecule has 2 aromatic rings. The Morgan fingerprint density at radius 2 is 2.10 bits per heavy atom. The van der Waals surface area contributed by atoms with Gasteiger partial charge in [-0.05, 0) is 45.2 Å². The molecule has 0 aliphatic carbocycles. The maximum atomic E-state index is 12.9. The minimum absolute atomic E-state index is 0.0371. The normalized spacial score (nSPS) is 13.9. The summed E-state index contributed by atoms with van der Waals surface area (Å²) in [6.07, 6.45) is 7.29. The molecule has 0 spiro atoms. The smallest absolute Gasteiger partial charge is 0.257 e. The van der Waals surface area contributed by atoms with Gasteiger partial charge in [-0.2, -0.15) is 0 Å². The average molecular weight is 397 g/mol. The average Bonchev–Trinajstić information content (AvgIpc) is 2.87. The molecule has 2 amide bonds. The number of rotatable bonds is 8. The summed E-state index contributed by atoms with van der Waals surface area (Å²) in [6.45, 7) is 5.64. The lowest BCUT2D eigenvalue weighted by atomic mass is 10.1. The summed E-state index contributed by atoms with van der Waals surface area (Å²) >= 11 is 0. The van der Waals surface area contributed by atoms with Gasteiger partial charge in [0.15, 0.2) is 5.82 Å². The zero-order valence-corrected chi connectivity index (χ0v) is 16.9. The molecule has 1 N–H and O–H groups in total. The van der Waals surface area contributed by atoms with Gasteiger partial charge in [-0.25, -0.2) is 9.97 Å². The number of carbonyl (C=O) groups is 2. The summed E-state index contributed by atoms with van der Waals surface area (Å²) in [7, 11) is 0. The predicted molar refractivity (Wildman–Crippen MR) is 108 cm³/mol. The van der Waals surface area contributed by atoms with Crippen LogP contribution in [0.4, 0.5) is 0 Å². The van der Waals surface area contributed by atoms with Crippen LogP contribution in [-0.4, -0.2) is 64.0 Å². The van der Waals surface area contributed by atoms with Crippen molar-refractivity contribution in [3.63, 3.8) is 0 Å². The van der Waals surface area contributed by atoms with Crippen LogP contribution in [0.15, 0.2) is 30.7 Å². The second-order valence-electron chi connectivity index (χ2n) is 7.24. The van der Waals surface area contributed by atoms with E-state index in [9.17, 15) is 9.59 Å². The molecule has 0 fully saturated rings. The Labute approximate surface area is 170 Å². The summed E-state index contributed by atoms with van der Waals surface area (Å²) in [5.74, 6) is 0.214. The molecule has 29 heavy (non-hydrogen) atoms. The van der Waals surface area contributed by atoms with Crippen molar-refractivity contribution in [2.24, 2.45) is 0 Å². The first kappa shape index (κ1) is 20.9. The molecule has 0 saturated heterocycles. The Kier molecular flexibility index (Phi) is 7.24. The highest BCUT2D eigenvalue weighted by Crippen LogP contribution is 2.20. The third kappa shape index (κ3) is 5.80. The number of nitrogens with zero attached hydrogens (tertiary/aromatic N) is 4. The lowest BCUT2D eigenvalue weighted by Crippen LogP contribution is -2.41. The Hall–Kier alpha value is -2.87. The van der Waals surface area contributed by atoms with E-state index in [4.69, 9.17) is 4.74 Å². The number of fused-ring (bicyclic) bond motifs is 1. The van der Waals surface area contributed by atoms with E-state index in [1.54, 1.807) is 23.5 Å². The quantitative estimate of drug-likeness (QED) is 0.683. The molecular formula is C21H27N5O3. The van der Waals surface area contributed by atoms with E-state index in [-0.39, 0.29) is 24.5 Å². The van der Waals surface area contributed by atoms with Crippen LogP contribution in [0.1, 0.15) is 42.7 Å². The van der Waals surface area contributed by atoms with Gasteiger partial charge >= 0.3 is 0 Å². The van der Waals surface area contributed by atoms with E-state index in [0.717, 1.165) is 24.1 Å². The minimum atomic E-state index is -0.197. The van der Waals surface area contributed by atoms with Crippen LogP contribution in [0.25, 0.3) is 11.4 Å². The first-order valence-corrected chi connectivity index (χ1v) is 9.98. The molecule has 1 aliphatic rings. The maximum Gasteiger partial charge on any atom is 0.257 e. The molecule has 3 heterocycles. The Balaban J connectivity index is 1.60. The number of ether oxygens (including phenoxy) is 1. The van der Waals surface area contributed by atoms with Gasteiger partial charge in [0.05, 0.1) is 23.9 Å².